The van der Waals surface area contributed by atoms with Crippen molar-refractivity contribution in [1.29, 1.82) is 0 Å². The minimum atomic E-state index is -3.79. The second-order valence-electron chi connectivity index (χ2n) is 4.96. The Kier molecular flexibility index (Phi) is 6.64. The molecule has 23 heavy (non-hydrogen) atoms. The van der Waals surface area contributed by atoms with E-state index in [9.17, 15) is 22.4 Å². The molecule has 7 nitrogen and oxygen atoms in total. The van der Waals surface area contributed by atoms with Gasteiger partial charge >= 0.3 is 0 Å². The van der Waals surface area contributed by atoms with Gasteiger partial charge in [0.05, 0.1) is 17.0 Å². The molecule has 0 fully saturated rings. The van der Waals surface area contributed by atoms with E-state index in [1.165, 1.54) is 14.1 Å². The van der Waals surface area contributed by atoms with Crippen molar-refractivity contribution in [3.05, 3.63) is 29.6 Å². The van der Waals surface area contributed by atoms with Crippen LogP contribution in [0.2, 0.25) is 0 Å². The maximum absolute atomic E-state index is 13.8. The summed E-state index contributed by atoms with van der Waals surface area (Å²) in [6, 6.07) is 2.93. The van der Waals surface area contributed by atoms with Crippen LogP contribution in [0.1, 0.15) is 23.7 Å². The van der Waals surface area contributed by atoms with Gasteiger partial charge < -0.3 is 10.6 Å². The van der Waals surface area contributed by atoms with Gasteiger partial charge in [0, 0.05) is 20.6 Å². The highest BCUT2D eigenvalue weighted by Gasteiger charge is 2.21. The van der Waals surface area contributed by atoms with Gasteiger partial charge in [0.15, 0.2) is 0 Å². The number of sulfonamides is 1. The van der Waals surface area contributed by atoms with Crippen LogP contribution in [-0.4, -0.2) is 51.7 Å². The maximum atomic E-state index is 13.8. The lowest BCUT2D eigenvalue weighted by molar-refractivity contribution is -0.120. The zero-order chi connectivity index (χ0) is 17.6. The Morgan fingerprint density at radius 2 is 1.87 bits per heavy atom. The molecule has 0 aliphatic carbocycles. The molecule has 0 radical (unpaired) electrons. The van der Waals surface area contributed by atoms with Crippen molar-refractivity contribution in [3.8, 4) is 0 Å². The van der Waals surface area contributed by atoms with Gasteiger partial charge in [-0.2, -0.15) is 0 Å². The standard InChI is InChI=1S/C14H20FN3O4S/c1-4-7-16-13(19)9-17-14(20)11-8-10(5-6-12(11)15)23(21,22)18(2)3/h5-6,8H,4,7,9H2,1-3H3,(H,16,19)(H,17,20). The van der Waals surface area contributed by atoms with E-state index in [2.05, 4.69) is 10.6 Å². The Hall–Kier alpha value is -2.00. The van der Waals surface area contributed by atoms with Crippen LogP contribution in [0, 0.1) is 5.82 Å². The van der Waals surface area contributed by atoms with Crippen LogP contribution in [0.5, 0.6) is 0 Å². The number of nitrogens with zero attached hydrogens (tertiary/aromatic N) is 1. The first kappa shape index (κ1) is 19.0. The first-order valence-electron chi connectivity index (χ1n) is 6.97. The molecule has 1 aromatic carbocycles. The van der Waals surface area contributed by atoms with Gasteiger partial charge in [-0.15, -0.1) is 0 Å². The van der Waals surface area contributed by atoms with Gasteiger partial charge in [-0.25, -0.2) is 17.1 Å². The summed E-state index contributed by atoms with van der Waals surface area (Å²) in [6.07, 6.45) is 0.749. The van der Waals surface area contributed by atoms with Crippen LogP contribution >= 0.6 is 0 Å². The molecule has 1 aromatic rings. The number of rotatable bonds is 7. The molecule has 9 heteroatoms. The van der Waals surface area contributed by atoms with E-state index in [1.54, 1.807) is 0 Å². The summed E-state index contributed by atoms with van der Waals surface area (Å²) < 4.78 is 38.7. The summed E-state index contributed by atoms with van der Waals surface area (Å²) in [4.78, 5) is 23.2. The number of nitrogens with one attached hydrogen (secondary N) is 2. The van der Waals surface area contributed by atoms with E-state index in [1.807, 2.05) is 6.92 Å². The second-order valence-corrected chi connectivity index (χ2v) is 7.11. The number of hydrogen-bond acceptors (Lipinski definition) is 4. The lowest BCUT2D eigenvalue weighted by Gasteiger charge is -2.13. The number of halogens is 1. The van der Waals surface area contributed by atoms with Crippen molar-refractivity contribution in [3.63, 3.8) is 0 Å². The third-order valence-corrected chi connectivity index (χ3v) is 4.75. The molecule has 1 rings (SSSR count). The summed E-state index contributed by atoms with van der Waals surface area (Å²) in [5.74, 6) is -2.13. The molecule has 0 bridgehead atoms. The maximum Gasteiger partial charge on any atom is 0.254 e. The Bertz CT molecular complexity index is 689. The quantitative estimate of drug-likeness (QED) is 0.744. The van der Waals surface area contributed by atoms with E-state index in [4.69, 9.17) is 0 Å². The molecule has 0 aromatic heterocycles. The Morgan fingerprint density at radius 3 is 2.43 bits per heavy atom. The number of benzene rings is 1. The molecule has 0 saturated carbocycles. The highest BCUT2D eigenvalue weighted by Crippen LogP contribution is 2.17. The van der Waals surface area contributed by atoms with E-state index in [0.29, 0.717) is 6.54 Å². The fourth-order valence-electron chi connectivity index (χ4n) is 1.63. The van der Waals surface area contributed by atoms with Crippen LogP contribution < -0.4 is 10.6 Å². The second kappa shape index (κ2) is 8.02. The molecular formula is C14H20FN3O4S. The first-order valence-corrected chi connectivity index (χ1v) is 8.41. The summed E-state index contributed by atoms with van der Waals surface area (Å²) in [7, 11) is -1.13. The van der Waals surface area contributed by atoms with Crippen LogP contribution in [0.4, 0.5) is 4.39 Å². The molecular weight excluding hydrogens is 325 g/mol. The lowest BCUT2D eigenvalue weighted by atomic mass is 10.2. The van der Waals surface area contributed by atoms with Gasteiger partial charge in [-0.3, -0.25) is 9.59 Å². The van der Waals surface area contributed by atoms with E-state index < -0.39 is 33.2 Å². The monoisotopic (exact) mass is 345 g/mol. The van der Waals surface area contributed by atoms with Crippen LogP contribution in [0.15, 0.2) is 23.1 Å². The Morgan fingerprint density at radius 1 is 1.22 bits per heavy atom. The normalized spacial score (nSPS) is 11.3. The summed E-state index contributed by atoms with van der Waals surface area (Å²) >= 11 is 0. The van der Waals surface area contributed by atoms with Crippen molar-refractivity contribution >= 4 is 21.8 Å². The molecule has 128 valence electrons. The topological polar surface area (TPSA) is 95.6 Å². The Labute approximate surface area is 134 Å². The van der Waals surface area contributed by atoms with Crippen molar-refractivity contribution < 1.29 is 22.4 Å². The number of amides is 2. The molecule has 0 unspecified atom stereocenters. The lowest BCUT2D eigenvalue weighted by Crippen LogP contribution is -2.37. The summed E-state index contributed by atoms with van der Waals surface area (Å²) in [6.45, 7) is 2.04. The van der Waals surface area contributed by atoms with Crippen molar-refractivity contribution in [2.75, 3.05) is 27.2 Å². The van der Waals surface area contributed by atoms with Gasteiger partial charge in [-0.1, -0.05) is 6.92 Å². The molecule has 2 amide bonds. The van der Waals surface area contributed by atoms with Gasteiger partial charge in [0.1, 0.15) is 5.82 Å². The number of carbonyl (C=O) groups excluding carboxylic acids is 2. The minimum Gasteiger partial charge on any atom is -0.355 e. The number of hydrogen-bond donors (Lipinski definition) is 2. The predicted octanol–water partition coefficient (Wildman–Crippen LogP) is 0.332. The SMILES string of the molecule is CCCNC(=O)CNC(=O)c1cc(S(=O)(=O)N(C)C)ccc1F. The molecule has 0 atom stereocenters. The zero-order valence-electron chi connectivity index (χ0n) is 13.2. The van der Waals surface area contributed by atoms with Crippen molar-refractivity contribution in [2.24, 2.45) is 0 Å². The van der Waals surface area contributed by atoms with Gasteiger partial charge in [0.2, 0.25) is 15.9 Å². The van der Waals surface area contributed by atoms with Gasteiger partial charge in [0.25, 0.3) is 5.91 Å². The van der Waals surface area contributed by atoms with Crippen LogP contribution in [0.25, 0.3) is 0 Å². The molecule has 0 aliphatic heterocycles. The number of carbonyl (C=O) groups is 2. The fourth-order valence-corrected chi connectivity index (χ4v) is 2.56. The molecule has 2 N–H and O–H groups in total. The first-order chi connectivity index (χ1) is 10.7. The third kappa shape index (κ3) is 5.00. The van der Waals surface area contributed by atoms with Gasteiger partial charge in [-0.05, 0) is 24.6 Å². The van der Waals surface area contributed by atoms with E-state index >= 15 is 0 Å². The highest BCUT2D eigenvalue weighted by molar-refractivity contribution is 7.89. The average molecular weight is 345 g/mol. The largest absolute Gasteiger partial charge is 0.355 e. The van der Waals surface area contributed by atoms with E-state index in [-0.39, 0.29) is 11.4 Å². The molecule has 0 aliphatic rings. The average Bonchev–Trinajstić information content (AvgIpc) is 2.50. The minimum absolute atomic E-state index is 0.204. The van der Waals surface area contributed by atoms with Crippen molar-refractivity contribution in [2.45, 2.75) is 18.2 Å². The fraction of sp³-hybridized carbons (Fsp3) is 0.429. The van der Waals surface area contributed by atoms with Crippen molar-refractivity contribution in [1.82, 2.24) is 14.9 Å². The zero-order valence-corrected chi connectivity index (χ0v) is 14.0. The smallest absolute Gasteiger partial charge is 0.254 e. The predicted molar refractivity (Wildman–Crippen MR) is 82.9 cm³/mol. The summed E-state index contributed by atoms with van der Waals surface area (Å²) in [5, 5.41) is 4.81. The molecule has 0 spiro atoms. The highest BCUT2D eigenvalue weighted by atomic mass is 32.2. The Balaban J connectivity index is 2.91. The molecule has 0 heterocycles. The summed E-state index contributed by atoms with van der Waals surface area (Å²) in [5.41, 5.74) is -0.434. The van der Waals surface area contributed by atoms with E-state index in [0.717, 1.165) is 28.9 Å². The molecule has 0 saturated heterocycles. The van der Waals surface area contributed by atoms with Crippen LogP contribution in [-0.2, 0) is 14.8 Å². The van der Waals surface area contributed by atoms with Crippen LogP contribution in [0.3, 0.4) is 0 Å². The third-order valence-electron chi connectivity index (χ3n) is 2.94.